The number of nitrogens with one attached hydrogen (secondary N) is 1. The second kappa shape index (κ2) is 9.96. The van der Waals surface area contributed by atoms with Gasteiger partial charge in [-0.2, -0.15) is 0 Å². The van der Waals surface area contributed by atoms with Crippen molar-refractivity contribution in [1.82, 2.24) is 4.90 Å². The van der Waals surface area contributed by atoms with Gasteiger partial charge in [0.15, 0.2) is 0 Å². The smallest absolute Gasteiger partial charge is 0.255 e. The summed E-state index contributed by atoms with van der Waals surface area (Å²) in [6.45, 7) is 1.46. The quantitative estimate of drug-likeness (QED) is 0.549. The number of halogens is 1. The summed E-state index contributed by atoms with van der Waals surface area (Å²) < 4.78 is 18.7. The summed E-state index contributed by atoms with van der Waals surface area (Å²) in [6.07, 6.45) is 3.33. The maximum atomic E-state index is 13.0. The molecule has 4 rings (SSSR count). The predicted octanol–water partition coefficient (Wildman–Crippen LogP) is 5.32. The Bertz CT molecular complexity index is 1060. The van der Waals surface area contributed by atoms with E-state index in [9.17, 15) is 9.18 Å². The Kier molecular flexibility index (Phi) is 6.86. The van der Waals surface area contributed by atoms with Crippen LogP contribution in [-0.4, -0.2) is 31.4 Å². The molecule has 0 saturated heterocycles. The molecule has 32 heavy (non-hydrogen) atoms. The minimum absolute atomic E-state index is 0.142. The number of hydrogen-bond acceptors (Lipinski definition) is 3. The number of aryl methyl sites for hydroxylation is 1. The van der Waals surface area contributed by atoms with Gasteiger partial charge in [-0.15, -0.1) is 0 Å². The standard InChI is InChI=1S/C27H29FN2O2/c1-30(2)17-20-3-6-23-16-25(12-7-22(23)15-20)29-27(31)21-8-13-26(14-9-21)32-18-19-4-10-24(28)11-5-19/h4-5,7-14,16,20H,3,6,15,17-18H2,1-2H3,(H,29,31). The number of ether oxygens (including phenoxy) is 1. The van der Waals surface area contributed by atoms with E-state index in [2.05, 4.69) is 36.4 Å². The van der Waals surface area contributed by atoms with E-state index >= 15 is 0 Å². The van der Waals surface area contributed by atoms with Gasteiger partial charge in [0.1, 0.15) is 18.2 Å². The molecule has 0 bridgehead atoms. The van der Waals surface area contributed by atoms with E-state index in [0.29, 0.717) is 23.8 Å². The van der Waals surface area contributed by atoms with E-state index in [1.165, 1.54) is 29.7 Å². The number of nitrogens with zero attached hydrogens (tertiary/aromatic N) is 1. The third-order valence-corrected chi connectivity index (χ3v) is 5.85. The van der Waals surface area contributed by atoms with Gasteiger partial charge in [0.05, 0.1) is 0 Å². The zero-order valence-corrected chi connectivity index (χ0v) is 18.6. The molecule has 3 aromatic rings. The number of benzene rings is 3. The van der Waals surface area contributed by atoms with Crippen LogP contribution in [0.2, 0.25) is 0 Å². The van der Waals surface area contributed by atoms with Crippen molar-refractivity contribution < 1.29 is 13.9 Å². The number of fused-ring (bicyclic) bond motifs is 1. The molecule has 1 amide bonds. The number of amides is 1. The average molecular weight is 433 g/mol. The average Bonchev–Trinajstić information content (AvgIpc) is 2.79. The van der Waals surface area contributed by atoms with Crippen molar-refractivity contribution >= 4 is 11.6 Å². The summed E-state index contributed by atoms with van der Waals surface area (Å²) in [5.41, 5.74) is 5.01. The maximum absolute atomic E-state index is 13.0. The Balaban J connectivity index is 1.33. The SMILES string of the molecule is CN(C)CC1CCc2cc(NC(=O)c3ccc(OCc4ccc(F)cc4)cc3)ccc2C1. The Hall–Kier alpha value is -3.18. The molecule has 4 nitrogen and oxygen atoms in total. The van der Waals surface area contributed by atoms with Gasteiger partial charge in [-0.25, -0.2) is 4.39 Å². The maximum Gasteiger partial charge on any atom is 0.255 e. The third-order valence-electron chi connectivity index (χ3n) is 5.85. The minimum Gasteiger partial charge on any atom is -0.489 e. The van der Waals surface area contributed by atoms with Crippen molar-refractivity contribution in [2.24, 2.45) is 5.92 Å². The summed E-state index contributed by atoms with van der Waals surface area (Å²) in [5, 5.41) is 3.01. The summed E-state index contributed by atoms with van der Waals surface area (Å²) >= 11 is 0. The zero-order valence-electron chi connectivity index (χ0n) is 18.6. The van der Waals surface area contributed by atoms with Crippen LogP contribution in [0.1, 0.15) is 33.5 Å². The third kappa shape index (κ3) is 5.74. The van der Waals surface area contributed by atoms with Gasteiger partial charge in [-0.3, -0.25) is 4.79 Å². The molecule has 1 aliphatic carbocycles. The van der Waals surface area contributed by atoms with E-state index in [-0.39, 0.29) is 11.7 Å². The Morgan fingerprint density at radius 1 is 1.03 bits per heavy atom. The molecule has 5 heteroatoms. The molecule has 0 fully saturated rings. The van der Waals surface area contributed by atoms with Gasteiger partial charge < -0.3 is 15.0 Å². The van der Waals surface area contributed by atoms with Crippen molar-refractivity contribution in [2.45, 2.75) is 25.9 Å². The Morgan fingerprint density at radius 2 is 1.78 bits per heavy atom. The lowest BCUT2D eigenvalue weighted by atomic mass is 9.83. The van der Waals surface area contributed by atoms with Crippen LogP contribution in [0.15, 0.2) is 66.7 Å². The molecule has 0 radical (unpaired) electrons. The van der Waals surface area contributed by atoms with Crippen molar-refractivity contribution in [3.8, 4) is 5.75 Å². The van der Waals surface area contributed by atoms with E-state index in [1.807, 2.05) is 6.07 Å². The molecular weight excluding hydrogens is 403 g/mol. The van der Waals surface area contributed by atoms with Crippen LogP contribution in [0.3, 0.4) is 0 Å². The molecule has 1 unspecified atom stereocenters. The topological polar surface area (TPSA) is 41.6 Å². The van der Waals surface area contributed by atoms with E-state index in [1.54, 1.807) is 36.4 Å². The zero-order chi connectivity index (χ0) is 22.5. The molecule has 166 valence electrons. The molecule has 1 atom stereocenters. The van der Waals surface area contributed by atoms with Gasteiger partial charge in [-0.05, 0) is 104 Å². The van der Waals surface area contributed by atoms with Crippen LogP contribution in [0.4, 0.5) is 10.1 Å². The van der Waals surface area contributed by atoms with E-state index in [0.717, 1.165) is 30.6 Å². The molecule has 3 aromatic carbocycles. The minimum atomic E-state index is -0.267. The fourth-order valence-corrected chi connectivity index (χ4v) is 4.23. The van der Waals surface area contributed by atoms with Crippen LogP contribution in [0, 0.1) is 11.7 Å². The summed E-state index contributed by atoms with van der Waals surface area (Å²) in [7, 11) is 4.25. The summed E-state index contributed by atoms with van der Waals surface area (Å²) in [6, 6.07) is 19.5. The Morgan fingerprint density at radius 3 is 2.50 bits per heavy atom. The number of hydrogen-bond donors (Lipinski definition) is 1. The first kappa shape index (κ1) is 22.0. The largest absolute Gasteiger partial charge is 0.489 e. The summed E-state index contributed by atoms with van der Waals surface area (Å²) in [4.78, 5) is 14.9. The van der Waals surface area contributed by atoms with Gasteiger partial charge in [0.2, 0.25) is 0 Å². The van der Waals surface area contributed by atoms with Crippen molar-refractivity contribution in [1.29, 1.82) is 0 Å². The van der Waals surface area contributed by atoms with Crippen LogP contribution in [0.5, 0.6) is 5.75 Å². The fourth-order valence-electron chi connectivity index (χ4n) is 4.23. The van der Waals surface area contributed by atoms with Gasteiger partial charge in [0.25, 0.3) is 5.91 Å². The fraction of sp³-hybridized carbons (Fsp3) is 0.296. The van der Waals surface area contributed by atoms with E-state index < -0.39 is 0 Å². The highest BCUT2D eigenvalue weighted by Crippen LogP contribution is 2.28. The summed E-state index contributed by atoms with van der Waals surface area (Å²) in [5.74, 6) is 0.946. The molecule has 1 N–H and O–H groups in total. The highest BCUT2D eigenvalue weighted by atomic mass is 19.1. The second-order valence-electron chi connectivity index (χ2n) is 8.75. The van der Waals surface area contributed by atoms with Crippen LogP contribution < -0.4 is 10.1 Å². The molecule has 1 aliphatic rings. The molecule has 0 spiro atoms. The first-order valence-electron chi connectivity index (χ1n) is 11.0. The Labute approximate surface area is 189 Å². The van der Waals surface area contributed by atoms with Crippen molar-refractivity contribution in [3.63, 3.8) is 0 Å². The normalized spacial score (nSPS) is 15.3. The molecular formula is C27H29FN2O2. The van der Waals surface area contributed by atoms with Gasteiger partial charge in [-0.1, -0.05) is 18.2 Å². The van der Waals surface area contributed by atoms with Crippen LogP contribution in [-0.2, 0) is 19.4 Å². The van der Waals surface area contributed by atoms with E-state index in [4.69, 9.17) is 4.74 Å². The monoisotopic (exact) mass is 432 g/mol. The molecule has 0 aliphatic heterocycles. The highest BCUT2D eigenvalue weighted by molar-refractivity contribution is 6.04. The lowest BCUT2D eigenvalue weighted by molar-refractivity contribution is 0.102. The number of anilines is 1. The van der Waals surface area contributed by atoms with Gasteiger partial charge >= 0.3 is 0 Å². The van der Waals surface area contributed by atoms with Crippen LogP contribution in [0.25, 0.3) is 0 Å². The van der Waals surface area contributed by atoms with Crippen LogP contribution >= 0.6 is 0 Å². The molecule has 0 saturated carbocycles. The van der Waals surface area contributed by atoms with Gasteiger partial charge in [0, 0.05) is 17.8 Å². The predicted molar refractivity (Wildman–Crippen MR) is 126 cm³/mol. The lowest BCUT2D eigenvalue weighted by Gasteiger charge is -2.27. The second-order valence-corrected chi connectivity index (χ2v) is 8.75. The highest BCUT2D eigenvalue weighted by Gasteiger charge is 2.19. The molecule has 0 heterocycles. The first-order chi connectivity index (χ1) is 15.5. The first-order valence-corrected chi connectivity index (χ1v) is 11.0. The number of carbonyl (C=O) groups excluding carboxylic acids is 1. The molecule has 0 aromatic heterocycles. The van der Waals surface area contributed by atoms with Crippen molar-refractivity contribution in [3.05, 3.63) is 94.8 Å². The number of rotatable bonds is 7. The lowest BCUT2D eigenvalue weighted by Crippen LogP contribution is -2.26. The number of carbonyl (C=O) groups is 1. The van der Waals surface area contributed by atoms with Crippen molar-refractivity contribution in [2.75, 3.05) is 26.0 Å².